The molecule has 1 rings (SSSR count). The molecule has 106 valence electrons. The van der Waals surface area contributed by atoms with E-state index in [2.05, 4.69) is 11.8 Å². The molecule has 0 aromatic heterocycles. The number of amides is 1. The zero-order chi connectivity index (χ0) is 14.4. The second-order valence-corrected chi connectivity index (χ2v) is 5.12. The van der Waals surface area contributed by atoms with Crippen LogP contribution in [0.3, 0.4) is 0 Å². The number of rotatable bonds is 6. The molecule has 0 heterocycles. The Morgan fingerprint density at radius 1 is 1.37 bits per heavy atom. The van der Waals surface area contributed by atoms with Crippen LogP contribution in [0.5, 0.6) is 0 Å². The van der Waals surface area contributed by atoms with Gasteiger partial charge in [-0.15, -0.1) is 0 Å². The molecule has 1 amide bonds. The number of nitrogen functional groups attached to an aromatic ring is 1. The largest absolute Gasteiger partial charge is 0.399 e. The van der Waals surface area contributed by atoms with Crippen molar-refractivity contribution in [2.24, 2.45) is 0 Å². The van der Waals surface area contributed by atoms with Crippen molar-refractivity contribution in [1.82, 2.24) is 9.80 Å². The van der Waals surface area contributed by atoms with E-state index in [1.807, 2.05) is 31.2 Å². The van der Waals surface area contributed by atoms with Crippen LogP contribution in [0.15, 0.2) is 24.3 Å². The average molecular weight is 263 g/mol. The first-order valence-corrected chi connectivity index (χ1v) is 6.75. The van der Waals surface area contributed by atoms with E-state index < -0.39 is 0 Å². The van der Waals surface area contributed by atoms with Crippen molar-refractivity contribution in [1.29, 1.82) is 0 Å². The third-order valence-electron chi connectivity index (χ3n) is 3.19. The second-order valence-electron chi connectivity index (χ2n) is 5.12. The van der Waals surface area contributed by atoms with Gasteiger partial charge in [0.15, 0.2) is 0 Å². The van der Waals surface area contributed by atoms with Gasteiger partial charge in [0.2, 0.25) is 5.91 Å². The highest BCUT2D eigenvalue weighted by Crippen LogP contribution is 2.13. The molecular weight excluding hydrogens is 238 g/mol. The fraction of sp³-hybridized carbons (Fsp3) is 0.533. The molecule has 19 heavy (non-hydrogen) atoms. The van der Waals surface area contributed by atoms with E-state index in [4.69, 9.17) is 5.73 Å². The van der Waals surface area contributed by atoms with Crippen LogP contribution < -0.4 is 5.73 Å². The van der Waals surface area contributed by atoms with Gasteiger partial charge in [0.05, 0.1) is 6.04 Å². The van der Waals surface area contributed by atoms with E-state index in [0.717, 1.165) is 30.8 Å². The van der Waals surface area contributed by atoms with E-state index in [0.29, 0.717) is 0 Å². The van der Waals surface area contributed by atoms with Crippen LogP contribution in [0.25, 0.3) is 0 Å². The monoisotopic (exact) mass is 263 g/mol. The minimum absolute atomic E-state index is 0.114. The standard InChI is InChI=1S/C15H25N3O/c1-5-9-18(12(2)15(19)17(3)4)11-13-7-6-8-14(16)10-13/h6-8,10,12H,5,9,11,16H2,1-4H3. The van der Waals surface area contributed by atoms with Gasteiger partial charge >= 0.3 is 0 Å². The van der Waals surface area contributed by atoms with E-state index in [-0.39, 0.29) is 11.9 Å². The average Bonchev–Trinajstić information content (AvgIpc) is 2.36. The predicted octanol–water partition coefficient (Wildman–Crippen LogP) is 1.96. The summed E-state index contributed by atoms with van der Waals surface area (Å²) >= 11 is 0. The highest BCUT2D eigenvalue weighted by Gasteiger charge is 2.22. The van der Waals surface area contributed by atoms with Gasteiger partial charge in [0, 0.05) is 26.3 Å². The first kappa shape index (κ1) is 15.5. The summed E-state index contributed by atoms with van der Waals surface area (Å²) < 4.78 is 0. The molecule has 2 N–H and O–H groups in total. The van der Waals surface area contributed by atoms with Crippen molar-refractivity contribution >= 4 is 11.6 Å². The molecule has 1 aromatic rings. The maximum Gasteiger partial charge on any atom is 0.239 e. The number of carbonyl (C=O) groups is 1. The van der Waals surface area contributed by atoms with Crippen LogP contribution in [0, 0.1) is 0 Å². The lowest BCUT2D eigenvalue weighted by Gasteiger charge is -2.29. The lowest BCUT2D eigenvalue weighted by Crippen LogP contribution is -2.44. The Bertz CT molecular complexity index is 418. The Balaban J connectivity index is 2.80. The Hall–Kier alpha value is -1.55. The van der Waals surface area contributed by atoms with Gasteiger partial charge in [0.1, 0.15) is 0 Å². The number of likely N-dealkylation sites (N-methyl/N-ethyl adjacent to an activating group) is 1. The molecule has 1 aromatic carbocycles. The van der Waals surface area contributed by atoms with Crippen molar-refractivity contribution in [3.63, 3.8) is 0 Å². The Kier molecular flexibility index (Phi) is 5.83. The lowest BCUT2D eigenvalue weighted by molar-refractivity contribution is -0.134. The molecule has 0 radical (unpaired) electrons. The first-order chi connectivity index (χ1) is 8.95. The van der Waals surface area contributed by atoms with Crippen LogP contribution >= 0.6 is 0 Å². The Morgan fingerprint density at radius 3 is 2.58 bits per heavy atom. The minimum atomic E-state index is -0.114. The molecule has 0 aliphatic rings. The van der Waals surface area contributed by atoms with Gasteiger partial charge < -0.3 is 10.6 Å². The maximum atomic E-state index is 12.1. The van der Waals surface area contributed by atoms with Crippen LogP contribution in [0.2, 0.25) is 0 Å². The van der Waals surface area contributed by atoms with Gasteiger partial charge in [0.25, 0.3) is 0 Å². The summed E-state index contributed by atoms with van der Waals surface area (Å²) in [6.45, 7) is 5.73. The zero-order valence-corrected chi connectivity index (χ0v) is 12.4. The van der Waals surface area contributed by atoms with Crippen molar-refractivity contribution < 1.29 is 4.79 Å². The number of hydrogen-bond donors (Lipinski definition) is 1. The van der Waals surface area contributed by atoms with Gasteiger partial charge in [-0.25, -0.2) is 0 Å². The lowest BCUT2D eigenvalue weighted by atomic mass is 10.1. The SMILES string of the molecule is CCCN(Cc1cccc(N)c1)C(C)C(=O)N(C)C. The fourth-order valence-electron chi connectivity index (χ4n) is 2.15. The highest BCUT2D eigenvalue weighted by molar-refractivity contribution is 5.80. The molecule has 0 aliphatic heterocycles. The highest BCUT2D eigenvalue weighted by atomic mass is 16.2. The van der Waals surface area contributed by atoms with Crippen molar-refractivity contribution in [3.8, 4) is 0 Å². The van der Waals surface area contributed by atoms with Crippen LogP contribution in [-0.4, -0.2) is 42.4 Å². The van der Waals surface area contributed by atoms with E-state index in [9.17, 15) is 4.79 Å². The zero-order valence-electron chi connectivity index (χ0n) is 12.4. The molecule has 0 saturated heterocycles. The molecule has 0 saturated carbocycles. The quantitative estimate of drug-likeness (QED) is 0.798. The minimum Gasteiger partial charge on any atom is -0.399 e. The summed E-state index contributed by atoms with van der Waals surface area (Å²) in [5.74, 6) is 0.136. The van der Waals surface area contributed by atoms with Gasteiger partial charge in [-0.3, -0.25) is 9.69 Å². The number of nitrogens with zero attached hydrogens (tertiary/aromatic N) is 2. The summed E-state index contributed by atoms with van der Waals surface area (Å²) in [5.41, 5.74) is 7.71. The third-order valence-corrected chi connectivity index (χ3v) is 3.19. The molecule has 1 atom stereocenters. The van der Waals surface area contributed by atoms with Gasteiger partial charge in [-0.1, -0.05) is 19.1 Å². The molecule has 0 fully saturated rings. The summed E-state index contributed by atoms with van der Waals surface area (Å²) in [6.07, 6.45) is 1.02. The summed E-state index contributed by atoms with van der Waals surface area (Å²) in [7, 11) is 3.59. The van der Waals surface area contributed by atoms with E-state index in [1.54, 1.807) is 19.0 Å². The topological polar surface area (TPSA) is 49.6 Å². The molecule has 1 unspecified atom stereocenters. The van der Waals surface area contributed by atoms with Crippen molar-refractivity contribution in [2.45, 2.75) is 32.9 Å². The van der Waals surface area contributed by atoms with E-state index in [1.165, 1.54) is 0 Å². The van der Waals surface area contributed by atoms with Crippen LogP contribution in [-0.2, 0) is 11.3 Å². The van der Waals surface area contributed by atoms with Crippen molar-refractivity contribution in [2.75, 3.05) is 26.4 Å². The number of nitrogens with two attached hydrogens (primary N) is 1. The smallest absolute Gasteiger partial charge is 0.239 e. The molecule has 4 nitrogen and oxygen atoms in total. The van der Waals surface area contributed by atoms with Gasteiger partial charge in [-0.2, -0.15) is 0 Å². The maximum absolute atomic E-state index is 12.1. The Labute approximate surface area is 116 Å². The molecule has 0 aliphatic carbocycles. The number of hydrogen-bond acceptors (Lipinski definition) is 3. The molecule has 4 heteroatoms. The van der Waals surface area contributed by atoms with E-state index >= 15 is 0 Å². The fourth-order valence-corrected chi connectivity index (χ4v) is 2.15. The third kappa shape index (κ3) is 4.56. The number of carbonyl (C=O) groups excluding carboxylic acids is 1. The molecule has 0 bridgehead atoms. The summed E-state index contributed by atoms with van der Waals surface area (Å²) in [5, 5.41) is 0. The van der Waals surface area contributed by atoms with Gasteiger partial charge in [-0.05, 0) is 37.6 Å². The number of benzene rings is 1. The van der Waals surface area contributed by atoms with Crippen molar-refractivity contribution in [3.05, 3.63) is 29.8 Å². The molecular formula is C15H25N3O. The predicted molar refractivity (Wildman–Crippen MR) is 79.7 cm³/mol. The Morgan fingerprint density at radius 2 is 2.05 bits per heavy atom. The first-order valence-electron chi connectivity index (χ1n) is 6.75. The summed E-state index contributed by atoms with van der Waals surface area (Å²) in [4.78, 5) is 15.9. The number of anilines is 1. The van der Waals surface area contributed by atoms with Crippen LogP contribution in [0.4, 0.5) is 5.69 Å². The summed E-state index contributed by atoms with van der Waals surface area (Å²) in [6, 6.07) is 7.73. The second kappa shape index (κ2) is 7.14. The van der Waals surface area contributed by atoms with Crippen LogP contribution in [0.1, 0.15) is 25.8 Å². The normalized spacial score (nSPS) is 12.5. The molecule has 0 spiro atoms.